The molecule has 0 aliphatic carbocycles. The molecule has 4 aromatic carbocycles. The number of anilines is 2. The molecule has 1 heterocycles. The first-order chi connectivity index (χ1) is 16.2. The fraction of sp³-hybridized carbons (Fsp3) is 0.214. The van der Waals surface area contributed by atoms with Crippen LogP contribution in [0.25, 0.3) is 26.4 Å². The molecule has 0 amide bonds. The van der Waals surface area contributed by atoms with Crippen molar-refractivity contribution in [2.45, 2.75) is 12.8 Å². The summed E-state index contributed by atoms with van der Waals surface area (Å²) in [5.41, 5.74) is 3.58. The minimum atomic E-state index is 0.690. The van der Waals surface area contributed by atoms with Gasteiger partial charge in [-0.05, 0) is 70.8 Å². The highest BCUT2D eigenvalue weighted by Crippen LogP contribution is 2.24. The zero-order chi connectivity index (χ0) is 23.5. The minimum Gasteiger partial charge on any atom is -0.388 e. The Hall–Kier alpha value is -3.88. The Bertz CT molecular complexity index is 1250. The summed E-state index contributed by atoms with van der Waals surface area (Å²) in [6.45, 7) is 8.91. The van der Waals surface area contributed by atoms with Crippen LogP contribution >= 0.6 is 0 Å². The molecule has 0 unspecified atom stereocenters. The maximum Gasteiger partial charge on any atom is 0.187 e. The van der Waals surface area contributed by atoms with Gasteiger partial charge in [0.25, 0.3) is 0 Å². The lowest BCUT2D eigenvalue weighted by atomic mass is 10.1. The summed E-state index contributed by atoms with van der Waals surface area (Å²) in [4.78, 5) is 14.0. The molecule has 0 atom stereocenters. The molecule has 33 heavy (non-hydrogen) atoms. The molecule has 0 saturated carbocycles. The fourth-order valence-electron chi connectivity index (χ4n) is 3.46. The van der Waals surface area contributed by atoms with Gasteiger partial charge in [0.2, 0.25) is 0 Å². The van der Waals surface area contributed by atoms with E-state index in [1.807, 2.05) is 74.8 Å². The minimum absolute atomic E-state index is 0.690. The number of ether oxygens (including phenoxy) is 1. The monoisotopic (exact) mass is 439 g/mol. The zero-order valence-electron chi connectivity index (χ0n) is 19.1. The van der Waals surface area contributed by atoms with Crippen molar-refractivity contribution in [3.63, 3.8) is 0 Å². The molecule has 0 aromatic heterocycles. The Balaban J connectivity index is 0.000000154. The molecule has 5 nitrogen and oxygen atoms in total. The topological polar surface area (TPSA) is 54.7 Å². The number of hydrogen-bond donors (Lipinski definition) is 2. The second kappa shape index (κ2) is 12.2. The normalized spacial score (nSPS) is 12.0. The molecule has 168 valence electrons. The van der Waals surface area contributed by atoms with Gasteiger partial charge in [0, 0.05) is 44.2 Å². The molecule has 1 aliphatic rings. The lowest BCUT2D eigenvalue weighted by molar-refractivity contribution is 0.112. The maximum absolute atomic E-state index is 10.6. The summed E-state index contributed by atoms with van der Waals surface area (Å²) in [6.07, 6.45) is 3.42. The number of carbonyl (C=O) groups excluding carboxylic acids is 1. The van der Waals surface area contributed by atoms with Crippen molar-refractivity contribution in [1.82, 2.24) is 0 Å². The molecule has 0 radical (unpaired) electrons. The average Bonchev–Trinajstić information content (AvgIpc) is 3.48. The lowest BCUT2D eigenvalue weighted by Gasteiger charge is -2.02. The molecular formula is C28H29N3O2. The summed E-state index contributed by atoms with van der Waals surface area (Å²) in [5.74, 6) is 0. The standard InChI is InChI=1S/C12H10N2.C12H11NO.C4H8O/c1-13-11-5-3-10-8-12(14-2)6-4-9(10)7-11;1-13-12-5-4-10-6-9(8-14)2-3-11(10)7-12;1-2-4-5-3-1/h3-8,13H,1H3;2-8,13H,1H3;1-4H2. The molecule has 1 fully saturated rings. The Morgan fingerprint density at radius 1 is 0.758 bits per heavy atom. The third-order valence-electron chi connectivity index (χ3n) is 5.36. The van der Waals surface area contributed by atoms with E-state index in [1.54, 1.807) is 0 Å². The molecule has 5 rings (SSSR count). The number of nitrogens with zero attached hydrogens (tertiary/aromatic N) is 1. The van der Waals surface area contributed by atoms with Gasteiger partial charge in [0.05, 0.1) is 6.57 Å². The number of nitrogens with one attached hydrogen (secondary N) is 2. The van der Waals surface area contributed by atoms with Gasteiger partial charge in [0.15, 0.2) is 5.69 Å². The third-order valence-corrected chi connectivity index (χ3v) is 5.36. The van der Waals surface area contributed by atoms with E-state index in [4.69, 9.17) is 11.3 Å². The highest BCUT2D eigenvalue weighted by Gasteiger charge is 1.98. The van der Waals surface area contributed by atoms with Crippen LogP contribution in [0.4, 0.5) is 17.1 Å². The summed E-state index contributed by atoms with van der Waals surface area (Å²) in [5, 5.41) is 10.7. The van der Waals surface area contributed by atoms with Gasteiger partial charge in [0.1, 0.15) is 6.29 Å². The predicted molar refractivity (Wildman–Crippen MR) is 139 cm³/mol. The maximum atomic E-state index is 10.6. The Kier molecular flexibility index (Phi) is 8.81. The van der Waals surface area contributed by atoms with Crippen LogP contribution in [0.3, 0.4) is 0 Å². The molecule has 0 bridgehead atoms. The van der Waals surface area contributed by atoms with Crippen molar-refractivity contribution >= 4 is 44.9 Å². The second-order valence-corrected chi connectivity index (χ2v) is 7.62. The van der Waals surface area contributed by atoms with Crippen LogP contribution in [0, 0.1) is 6.57 Å². The molecule has 2 N–H and O–H groups in total. The Morgan fingerprint density at radius 2 is 1.27 bits per heavy atom. The van der Waals surface area contributed by atoms with Crippen molar-refractivity contribution < 1.29 is 9.53 Å². The first kappa shape index (κ1) is 23.8. The number of rotatable bonds is 3. The zero-order valence-corrected chi connectivity index (χ0v) is 19.1. The lowest BCUT2D eigenvalue weighted by Crippen LogP contribution is -1.87. The number of carbonyl (C=O) groups is 1. The quantitative estimate of drug-likeness (QED) is 0.269. The summed E-state index contributed by atoms with van der Waals surface area (Å²) >= 11 is 0. The van der Waals surface area contributed by atoms with Crippen molar-refractivity contribution in [3.8, 4) is 0 Å². The molecule has 5 heteroatoms. The van der Waals surface area contributed by atoms with Crippen molar-refractivity contribution in [2.75, 3.05) is 37.9 Å². The molecule has 4 aromatic rings. The van der Waals surface area contributed by atoms with E-state index >= 15 is 0 Å². The summed E-state index contributed by atoms with van der Waals surface area (Å²) < 4.78 is 4.94. The van der Waals surface area contributed by atoms with Gasteiger partial charge in [-0.15, -0.1) is 0 Å². The largest absolute Gasteiger partial charge is 0.388 e. The van der Waals surface area contributed by atoms with Gasteiger partial charge in [-0.25, -0.2) is 4.85 Å². The van der Waals surface area contributed by atoms with E-state index in [-0.39, 0.29) is 0 Å². The van der Waals surface area contributed by atoms with Crippen LogP contribution in [0.15, 0.2) is 72.8 Å². The molecule has 1 aliphatic heterocycles. The van der Waals surface area contributed by atoms with E-state index in [1.165, 1.54) is 12.8 Å². The van der Waals surface area contributed by atoms with E-state index < -0.39 is 0 Å². The van der Waals surface area contributed by atoms with E-state index in [2.05, 4.69) is 27.6 Å². The number of aldehydes is 1. The second-order valence-electron chi connectivity index (χ2n) is 7.62. The van der Waals surface area contributed by atoms with E-state index in [0.717, 1.165) is 58.0 Å². The molecule has 1 saturated heterocycles. The SMILES string of the molecule is C1CCOC1.CNc1ccc2cc(C=O)ccc2c1.[C-]#[N+]c1ccc2cc(NC)ccc2c1. The van der Waals surface area contributed by atoms with Crippen LogP contribution in [0.5, 0.6) is 0 Å². The van der Waals surface area contributed by atoms with Crippen LogP contribution in [0.2, 0.25) is 0 Å². The Morgan fingerprint density at radius 3 is 1.76 bits per heavy atom. The third kappa shape index (κ3) is 6.80. The Labute approximate surface area is 195 Å². The van der Waals surface area contributed by atoms with Crippen molar-refractivity contribution in [3.05, 3.63) is 89.8 Å². The first-order valence-electron chi connectivity index (χ1n) is 11.0. The van der Waals surface area contributed by atoms with Crippen LogP contribution in [-0.2, 0) is 4.74 Å². The van der Waals surface area contributed by atoms with E-state index in [0.29, 0.717) is 5.69 Å². The first-order valence-corrected chi connectivity index (χ1v) is 11.0. The smallest absolute Gasteiger partial charge is 0.187 e. The predicted octanol–water partition coefficient (Wildman–Crippen LogP) is 6.92. The van der Waals surface area contributed by atoms with Crippen molar-refractivity contribution in [1.29, 1.82) is 0 Å². The highest BCUT2D eigenvalue weighted by molar-refractivity contribution is 5.91. The summed E-state index contributed by atoms with van der Waals surface area (Å²) in [7, 11) is 3.79. The highest BCUT2D eigenvalue weighted by atomic mass is 16.5. The van der Waals surface area contributed by atoms with Crippen LogP contribution < -0.4 is 10.6 Å². The van der Waals surface area contributed by atoms with Crippen LogP contribution in [-0.4, -0.2) is 33.6 Å². The van der Waals surface area contributed by atoms with Gasteiger partial charge in [-0.1, -0.05) is 36.4 Å². The number of hydrogen-bond acceptors (Lipinski definition) is 4. The fourth-order valence-corrected chi connectivity index (χ4v) is 3.46. The van der Waals surface area contributed by atoms with Gasteiger partial charge in [-0.2, -0.15) is 0 Å². The average molecular weight is 440 g/mol. The van der Waals surface area contributed by atoms with Crippen molar-refractivity contribution in [2.24, 2.45) is 0 Å². The molecule has 0 spiro atoms. The summed E-state index contributed by atoms with van der Waals surface area (Å²) in [6, 6.07) is 23.6. The van der Waals surface area contributed by atoms with Gasteiger partial charge < -0.3 is 15.4 Å². The van der Waals surface area contributed by atoms with Gasteiger partial charge >= 0.3 is 0 Å². The van der Waals surface area contributed by atoms with Crippen LogP contribution in [0.1, 0.15) is 23.2 Å². The molecular weight excluding hydrogens is 410 g/mol. The van der Waals surface area contributed by atoms with Gasteiger partial charge in [-0.3, -0.25) is 4.79 Å². The number of fused-ring (bicyclic) bond motifs is 2. The van der Waals surface area contributed by atoms with E-state index in [9.17, 15) is 4.79 Å². The number of benzene rings is 4.